The zero-order valence-corrected chi connectivity index (χ0v) is 10.1. The Bertz CT molecular complexity index is 352. The van der Waals surface area contributed by atoms with Crippen LogP contribution < -0.4 is 10.5 Å². The zero-order valence-electron chi connectivity index (χ0n) is 8.49. The third kappa shape index (κ3) is 2.94. The van der Waals surface area contributed by atoms with Crippen LogP contribution in [-0.4, -0.2) is 18.8 Å². The zero-order chi connectivity index (χ0) is 11.5. The average molecular weight is 274 g/mol. The summed E-state index contributed by atoms with van der Waals surface area (Å²) in [5.41, 5.74) is 5.16. The van der Waals surface area contributed by atoms with E-state index in [1.807, 2.05) is 0 Å². The fraction of sp³-hybridized carbons (Fsp3) is 0.300. The Hall–Kier alpha value is -1.07. The Balaban J connectivity index is 2.84. The highest BCUT2D eigenvalue weighted by molar-refractivity contribution is 9.10. The maximum Gasteiger partial charge on any atom is 0.290 e. The van der Waals surface area contributed by atoms with Crippen molar-refractivity contribution in [1.29, 1.82) is 0 Å². The number of hydrogen-bond acceptors (Lipinski definition) is 3. The summed E-state index contributed by atoms with van der Waals surface area (Å²) in [6.07, 6.45) is 0. The molecule has 0 aliphatic rings. The smallest absolute Gasteiger partial charge is 0.290 e. The summed E-state index contributed by atoms with van der Waals surface area (Å²) >= 11 is 3.29. The fourth-order valence-corrected chi connectivity index (χ4v) is 1.18. The van der Waals surface area contributed by atoms with Gasteiger partial charge in [0.1, 0.15) is 5.75 Å². The van der Waals surface area contributed by atoms with E-state index in [2.05, 4.69) is 15.9 Å². The first-order chi connectivity index (χ1) is 6.98. The first-order valence-corrected chi connectivity index (χ1v) is 5.07. The van der Waals surface area contributed by atoms with Crippen LogP contribution >= 0.6 is 15.9 Å². The van der Waals surface area contributed by atoms with E-state index in [-0.39, 0.29) is 0 Å². The Morgan fingerprint density at radius 3 is 2.33 bits per heavy atom. The number of methoxy groups -OCH3 is 1. The number of amides is 1. The van der Waals surface area contributed by atoms with Crippen molar-refractivity contribution in [3.05, 3.63) is 28.7 Å². The summed E-state index contributed by atoms with van der Waals surface area (Å²) < 4.78 is 11.2. The highest BCUT2D eigenvalue weighted by atomic mass is 79.9. The molecule has 0 saturated heterocycles. The van der Waals surface area contributed by atoms with Crippen molar-refractivity contribution in [2.75, 3.05) is 7.11 Å². The molecule has 0 aliphatic carbocycles. The number of hydrogen-bond donors (Lipinski definition) is 1. The number of nitrogens with two attached hydrogens (primary N) is 1. The van der Waals surface area contributed by atoms with Crippen molar-refractivity contribution in [3.8, 4) is 5.75 Å². The van der Waals surface area contributed by atoms with Crippen LogP contribution in [0, 0.1) is 0 Å². The summed E-state index contributed by atoms with van der Waals surface area (Å²) in [5.74, 6) is -1.59. The molecule has 1 amide bonds. The molecule has 1 unspecified atom stereocenters. The Kier molecular flexibility index (Phi) is 3.71. The van der Waals surface area contributed by atoms with E-state index in [4.69, 9.17) is 15.2 Å². The molecular formula is C10H12BrNO3. The second kappa shape index (κ2) is 4.63. The molecule has 0 spiro atoms. The molecule has 0 aromatic heterocycles. The van der Waals surface area contributed by atoms with E-state index in [1.165, 1.54) is 14.0 Å². The summed E-state index contributed by atoms with van der Waals surface area (Å²) in [5, 5.41) is 0. The van der Waals surface area contributed by atoms with Crippen molar-refractivity contribution in [2.24, 2.45) is 5.73 Å². The average Bonchev–Trinajstić information content (AvgIpc) is 2.21. The van der Waals surface area contributed by atoms with Crippen LogP contribution in [0.2, 0.25) is 0 Å². The number of ether oxygens (including phenoxy) is 2. The molecule has 15 heavy (non-hydrogen) atoms. The highest BCUT2D eigenvalue weighted by Crippen LogP contribution is 2.21. The molecule has 0 fully saturated rings. The maximum absolute atomic E-state index is 11.1. The number of halogens is 1. The Morgan fingerprint density at radius 1 is 1.40 bits per heavy atom. The molecule has 0 aliphatic heterocycles. The van der Waals surface area contributed by atoms with Crippen molar-refractivity contribution >= 4 is 21.8 Å². The van der Waals surface area contributed by atoms with Crippen LogP contribution in [0.4, 0.5) is 0 Å². The normalized spacial score (nSPS) is 14.3. The quantitative estimate of drug-likeness (QED) is 0.849. The summed E-state index contributed by atoms with van der Waals surface area (Å²) in [6.45, 7) is 1.47. The van der Waals surface area contributed by atoms with Crippen LogP contribution in [0.1, 0.15) is 6.92 Å². The van der Waals surface area contributed by atoms with E-state index in [0.29, 0.717) is 5.75 Å². The van der Waals surface area contributed by atoms with Gasteiger partial charge in [0.25, 0.3) is 11.7 Å². The Morgan fingerprint density at radius 2 is 1.93 bits per heavy atom. The molecule has 2 N–H and O–H groups in total. The highest BCUT2D eigenvalue weighted by Gasteiger charge is 2.33. The predicted octanol–water partition coefficient (Wildman–Crippen LogP) is 1.68. The summed E-state index contributed by atoms with van der Waals surface area (Å²) in [7, 11) is 1.36. The summed E-state index contributed by atoms with van der Waals surface area (Å²) in [6, 6.07) is 7.02. The van der Waals surface area contributed by atoms with Gasteiger partial charge >= 0.3 is 0 Å². The molecule has 82 valence electrons. The molecule has 0 bridgehead atoms. The molecule has 4 nitrogen and oxygen atoms in total. The lowest BCUT2D eigenvalue weighted by Crippen LogP contribution is -2.47. The number of carbonyl (C=O) groups excluding carboxylic acids is 1. The Labute approximate surface area is 96.5 Å². The largest absolute Gasteiger partial charge is 0.453 e. The van der Waals surface area contributed by atoms with Crippen LogP contribution in [0.3, 0.4) is 0 Å². The van der Waals surface area contributed by atoms with Gasteiger partial charge in [-0.2, -0.15) is 0 Å². The van der Waals surface area contributed by atoms with Gasteiger partial charge in [0, 0.05) is 18.5 Å². The third-order valence-electron chi connectivity index (χ3n) is 1.96. The van der Waals surface area contributed by atoms with Crippen LogP contribution in [-0.2, 0) is 9.53 Å². The van der Waals surface area contributed by atoms with Crippen molar-refractivity contribution in [3.63, 3.8) is 0 Å². The van der Waals surface area contributed by atoms with Gasteiger partial charge in [-0.25, -0.2) is 0 Å². The van der Waals surface area contributed by atoms with Gasteiger partial charge in [-0.05, 0) is 24.3 Å². The van der Waals surface area contributed by atoms with E-state index < -0.39 is 11.7 Å². The van der Waals surface area contributed by atoms with Gasteiger partial charge in [0.15, 0.2) is 0 Å². The maximum atomic E-state index is 11.1. The van der Waals surface area contributed by atoms with E-state index in [1.54, 1.807) is 24.3 Å². The van der Waals surface area contributed by atoms with Crippen LogP contribution in [0.15, 0.2) is 28.7 Å². The predicted molar refractivity (Wildman–Crippen MR) is 59.4 cm³/mol. The minimum Gasteiger partial charge on any atom is -0.453 e. The van der Waals surface area contributed by atoms with Gasteiger partial charge in [0.2, 0.25) is 0 Å². The van der Waals surface area contributed by atoms with Crippen molar-refractivity contribution < 1.29 is 14.3 Å². The lowest BCUT2D eigenvalue weighted by atomic mass is 10.3. The first-order valence-electron chi connectivity index (χ1n) is 4.27. The molecule has 0 radical (unpaired) electrons. The van der Waals surface area contributed by atoms with Gasteiger partial charge in [-0.15, -0.1) is 0 Å². The second-order valence-electron chi connectivity index (χ2n) is 3.07. The lowest BCUT2D eigenvalue weighted by Gasteiger charge is -2.25. The van der Waals surface area contributed by atoms with Gasteiger partial charge in [0.05, 0.1) is 0 Å². The molecule has 1 aromatic carbocycles. The third-order valence-corrected chi connectivity index (χ3v) is 2.49. The monoisotopic (exact) mass is 273 g/mol. The molecule has 1 aromatic rings. The van der Waals surface area contributed by atoms with Crippen molar-refractivity contribution in [1.82, 2.24) is 0 Å². The van der Waals surface area contributed by atoms with E-state index in [0.717, 1.165) is 4.47 Å². The molecule has 5 heteroatoms. The van der Waals surface area contributed by atoms with Crippen LogP contribution in [0.5, 0.6) is 5.75 Å². The van der Waals surface area contributed by atoms with Gasteiger partial charge < -0.3 is 15.2 Å². The fourth-order valence-electron chi connectivity index (χ4n) is 0.920. The number of rotatable bonds is 4. The topological polar surface area (TPSA) is 61.6 Å². The van der Waals surface area contributed by atoms with Gasteiger partial charge in [-0.3, -0.25) is 4.79 Å². The minimum absolute atomic E-state index is 0.515. The first kappa shape index (κ1) is 12.0. The lowest BCUT2D eigenvalue weighted by molar-refractivity contribution is -0.175. The standard InChI is InChI=1S/C10H12BrNO3/c1-10(14-2,9(12)13)15-8-5-3-7(11)4-6-8/h3-6H,1-2H3,(H2,12,13). The number of carbonyl (C=O) groups is 1. The molecule has 1 rings (SSSR count). The second-order valence-corrected chi connectivity index (χ2v) is 3.99. The van der Waals surface area contributed by atoms with E-state index in [9.17, 15) is 4.79 Å². The number of primary amides is 1. The SMILES string of the molecule is COC(C)(Oc1ccc(Br)cc1)C(N)=O. The van der Waals surface area contributed by atoms with Gasteiger partial charge in [-0.1, -0.05) is 15.9 Å². The molecule has 0 saturated carbocycles. The van der Waals surface area contributed by atoms with Crippen molar-refractivity contribution in [2.45, 2.75) is 12.7 Å². The van der Waals surface area contributed by atoms with Crippen LogP contribution in [0.25, 0.3) is 0 Å². The van der Waals surface area contributed by atoms with E-state index >= 15 is 0 Å². The minimum atomic E-state index is -1.44. The molecular weight excluding hydrogens is 262 g/mol. The molecule has 1 atom stereocenters. The summed E-state index contributed by atoms with van der Waals surface area (Å²) in [4.78, 5) is 11.1. The number of benzene rings is 1. The molecule has 0 heterocycles.